The van der Waals surface area contributed by atoms with E-state index in [9.17, 15) is 0 Å². The quantitative estimate of drug-likeness (QED) is 0.861. The van der Waals surface area contributed by atoms with Crippen molar-refractivity contribution in [2.45, 2.75) is 6.04 Å². The lowest BCUT2D eigenvalue weighted by Crippen LogP contribution is -2.45. The van der Waals surface area contributed by atoms with Crippen LogP contribution in [0, 0.1) is 0 Å². The van der Waals surface area contributed by atoms with Gasteiger partial charge < -0.3 is 20.1 Å². The van der Waals surface area contributed by atoms with Crippen molar-refractivity contribution in [3.05, 3.63) is 23.2 Å². The maximum absolute atomic E-state index is 6.05. The van der Waals surface area contributed by atoms with E-state index < -0.39 is 0 Å². The minimum absolute atomic E-state index is 0.352. The summed E-state index contributed by atoms with van der Waals surface area (Å²) in [7, 11) is 1.61. The molecular weight excluding hydrogens is 240 g/mol. The van der Waals surface area contributed by atoms with Crippen LogP contribution >= 0.6 is 11.6 Å². The fourth-order valence-electron chi connectivity index (χ4n) is 1.77. The van der Waals surface area contributed by atoms with Gasteiger partial charge in [-0.2, -0.15) is 0 Å². The summed E-state index contributed by atoms with van der Waals surface area (Å²) in [4.78, 5) is 0. The maximum atomic E-state index is 6.05. The second kappa shape index (κ2) is 6.10. The number of nitrogens with one attached hydrogen (secondary N) is 2. The van der Waals surface area contributed by atoms with E-state index in [0.29, 0.717) is 16.8 Å². The molecule has 5 heteroatoms. The number of ether oxygens (including phenoxy) is 2. The summed E-state index contributed by atoms with van der Waals surface area (Å²) in [5.74, 6) is 0.691. The molecule has 0 aromatic heterocycles. The molecule has 1 aliphatic heterocycles. The molecule has 0 aliphatic carbocycles. The van der Waals surface area contributed by atoms with Crippen molar-refractivity contribution in [1.29, 1.82) is 0 Å². The molecule has 1 fully saturated rings. The number of benzene rings is 1. The van der Waals surface area contributed by atoms with Crippen LogP contribution in [0.2, 0.25) is 5.02 Å². The number of morpholine rings is 1. The highest BCUT2D eigenvalue weighted by atomic mass is 35.5. The van der Waals surface area contributed by atoms with Gasteiger partial charge in [-0.15, -0.1) is 0 Å². The molecule has 1 aliphatic rings. The molecule has 0 bridgehead atoms. The molecule has 0 spiro atoms. The molecule has 1 atom stereocenters. The average molecular weight is 257 g/mol. The van der Waals surface area contributed by atoms with E-state index in [1.54, 1.807) is 7.11 Å². The highest BCUT2D eigenvalue weighted by Gasteiger charge is 2.12. The van der Waals surface area contributed by atoms with E-state index in [1.165, 1.54) is 0 Å². The number of rotatable bonds is 4. The minimum atomic E-state index is 0.352. The Morgan fingerprint density at radius 1 is 1.59 bits per heavy atom. The molecule has 1 aromatic rings. The first-order valence-corrected chi connectivity index (χ1v) is 6.06. The molecule has 1 aromatic carbocycles. The van der Waals surface area contributed by atoms with Crippen molar-refractivity contribution >= 4 is 17.3 Å². The maximum Gasteiger partial charge on any atom is 0.137 e. The molecule has 1 heterocycles. The van der Waals surface area contributed by atoms with Crippen LogP contribution in [0.3, 0.4) is 0 Å². The minimum Gasteiger partial charge on any atom is -0.495 e. The van der Waals surface area contributed by atoms with E-state index >= 15 is 0 Å². The Bertz CT molecular complexity index is 368. The Labute approximate surface area is 106 Å². The zero-order valence-corrected chi connectivity index (χ0v) is 10.6. The number of anilines is 1. The van der Waals surface area contributed by atoms with Crippen molar-refractivity contribution in [3.8, 4) is 5.75 Å². The lowest BCUT2D eigenvalue weighted by atomic mass is 10.2. The summed E-state index contributed by atoms with van der Waals surface area (Å²) >= 11 is 6.05. The fourth-order valence-corrected chi connectivity index (χ4v) is 2.03. The van der Waals surface area contributed by atoms with Crippen LogP contribution in [-0.2, 0) is 4.74 Å². The Morgan fingerprint density at radius 3 is 3.12 bits per heavy atom. The topological polar surface area (TPSA) is 42.5 Å². The molecule has 4 nitrogen and oxygen atoms in total. The third kappa shape index (κ3) is 3.49. The van der Waals surface area contributed by atoms with Gasteiger partial charge in [0.25, 0.3) is 0 Å². The molecule has 2 rings (SSSR count). The summed E-state index contributed by atoms with van der Waals surface area (Å²) in [6, 6.07) is 6.03. The van der Waals surface area contributed by atoms with E-state index in [-0.39, 0.29) is 0 Å². The van der Waals surface area contributed by atoms with Gasteiger partial charge >= 0.3 is 0 Å². The predicted octanol–water partition coefficient (Wildman–Crippen LogP) is 1.75. The van der Waals surface area contributed by atoms with Crippen molar-refractivity contribution in [3.63, 3.8) is 0 Å². The van der Waals surface area contributed by atoms with Gasteiger partial charge in [-0.25, -0.2) is 0 Å². The first-order valence-electron chi connectivity index (χ1n) is 5.68. The zero-order valence-electron chi connectivity index (χ0n) is 9.83. The monoisotopic (exact) mass is 256 g/mol. The van der Waals surface area contributed by atoms with Crippen LogP contribution in [0.15, 0.2) is 18.2 Å². The Hall–Kier alpha value is -0.970. The highest BCUT2D eigenvalue weighted by molar-refractivity contribution is 6.32. The van der Waals surface area contributed by atoms with Gasteiger partial charge in [0.15, 0.2) is 0 Å². The van der Waals surface area contributed by atoms with Gasteiger partial charge in [-0.1, -0.05) is 11.6 Å². The molecular formula is C12H17ClN2O2. The summed E-state index contributed by atoms with van der Waals surface area (Å²) in [5, 5.41) is 7.32. The molecule has 0 saturated carbocycles. The van der Waals surface area contributed by atoms with Crippen molar-refractivity contribution in [2.24, 2.45) is 0 Å². The van der Waals surface area contributed by atoms with Gasteiger partial charge in [0.1, 0.15) is 5.75 Å². The number of hydrogen-bond acceptors (Lipinski definition) is 4. The third-order valence-electron chi connectivity index (χ3n) is 2.70. The van der Waals surface area contributed by atoms with Crippen molar-refractivity contribution < 1.29 is 9.47 Å². The molecule has 2 N–H and O–H groups in total. The van der Waals surface area contributed by atoms with E-state index in [4.69, 9.17) is 21.1 Å². The van der Waals surface area contributed by atoms with Gasteiger partial charge in [-0.3, -0.25) is 0 Å². The first kappa shape index (κ1) is 12.5. The Morgan fingerprint density at radius 2 is 2.47 bits per heavy atom. The largest absolute Gasteiger partial charge is 0.495 e. The van der Waals surface area contributed by atoms with Gasteiger partial charge in [-0.05, 0) is 18.2 Å². The second-order valence-corrected chi connectivity index (χ2v) is 4.36. The van der Waals surface area contributed by atoms with Gasteiger partial charge in [0, 0.05) is 24.8 Å². The molecule has 0 amide bonds. The zero-order chi connectivity index (χ0) is 12.1. The molecule has 17 heavy (non-hydrogen) atoms. The number of methoxy groups -OCH3 is 1. The van der Waals surface area contributed by atoms with Gasteiger partial charge in [0.2, 0.25) is 0 Å². The predicted molar refractivity (Wildman–Crippen MR) is 69.1 cm³/mol. The molecule has 0 radical (unpaired) electrons. The smallest absolute Gasteiger partial charge is 0.137 e. The summed E-state index contributed by atoms with van der Waals surface area (Å²) in [6.07, 6.45) is 0. The molecule has 94 valence electrons. The summed E-state index contributed by atoms with van der Waals surface area (Å²) in [6.45, 7) is 3.28. The Balaban J connectivity index is 1.87. The lowest BCUT2D eigenvalue weighted by Gasteiger charge is -2.24. The van der Waals surface area contributed by atoms with E-state index in [2.05, 4.69) is 10.6 Å². The highest BCUT2D eigenvalue weighted by Crippen LogP contribution is 2.27. The fraction of sp³-hybridized carbons (Fsp3) is 0.500. The van der Waals surface area contributed by atoms with Gasteiger partial charge in [0.05, 0.1) is 25.3 Å². The summed E-state index contributed by atoms with van der Waals surface area (Å²) in [5.41, 5.74) is 0.989. The standard InChI is InChI=1S/C12H17ClN2O2/c1-16-12-3-2-9(6-11(12)13)15-7-10-8-17-5-4-14-10/h2-3,6,10,14-15H,4-5,7-8H2,1H3. The van der Waals surface area contributed by atoms with Crippen molar-refractivity contribution in [1.82, 2.24) is 5.32 Å². The second-order valence-electron chi connectivity index (χ2n) is 3.96. The van der Waals surface area contributed by atoms with Crippen LogP contribution in [0.25, 0.3) is 0 Å². The first-order chi connectivity index (χ1) is 8.29. The van der Waals surface area contributed by atoms with Crippen LogP contribution in [0.4, 0.5) is 5.69 Å². The normalized spacial score (nSPS) is 20.0. The van der Waals surface area contributed by atoms with E-state index in [1.807, 2.05) is 18.2 Å². The molecule has 1 saturated heterocycles. The SMILES string of the molecule is COc1ccc(NCC2COCCN2)cc1Cl. The number of hydrogen-bond donors (Lipinski definition) is 2. The summed E-state index contributed by atoms with van der Waals surface area (Å²) < 4.78 is 10.5. The average Bonchev–Trinajstić information content (AvgIpc) is 2.38. The van der Waals surface area contributed by atoms with Crippen molar-refractivity contribution in [2.75, 3.05) is 38.7 Å². The number of halogens is 1. The Kier molecular flexibility index (Phi) is 4.48. The van der Waals surface area contributed by atoms with Crippen LogP contribution in [0.5, 0.6) is 5.75 Å². The van der Waals surface area contributed by atoms with Crippen LogP contribution in [0.1, 0.15) is 0 Å². The van der Waals surface area contributed by atoms with E-state index in [0.717, 1.165) is 32.0 Å². The van der Waals surface area contributed by atoms with Crippen LogP contribution in [-0.4, -0.2) is 39.5 Å². The molecule has 1 unspecified atom stereocenters. The third-order valence-corrected chi connectivity index (χ3v) is 3.00. The van der Waals surface area contributed by atoms with Crippen LogP contribution < -0.4 is 15.4 Å². The lowest BCUT2D eigenvalue weighted by molar-refractivity contribution is 0.0806.